The Morgan fingerprint density at radius 1 is 1.06 bits per heavy atom. The number of fused-ring (bicyclic) bond motifs is 1. The van der Waals surface area contributed by atoms with E-state index in [1.165, 1.54) is 22.9 Å². The van der Waals surface area contributed by atoms with Crippen LogP contribution in [0.1, 0.15) is 34.5 Å². The second kappa shape index (κ2) is 10.0. The largest absolute Gasteiger partial charge is 0.337 e. The van der Waals surface area contributed by atoms with Crippen molar-refractivity contribution in [2.45, 2.75) is 31.8 Å². The van der Waals surface area contributed by atoms with Crippen LogP contribution in [0.3, 0.4) is 0 Å². The standard InChI is InChI=1S/C26H30N6OS/c1-30-13-12-23(27-30)26(33)31(2)25(17-19-6-4-3-5-7-19)21-10-14-32(15-11-21)18-20-8-9-22-24(16-20)29-34-28-22/h3-9,12-13,16,21,25H,10-11,14-15,17-18H2,1-2H3/t25-/m1/s1. The number of rotatable bonds is 7. The van der Waals surface area contributed by atoms with E-state index in [-0.39, 0.29) is 11.9 Å². The van der Waals surface area contributed by atoms with Gasteiger partial charge < -0.3 is 4.90 Å². The second-order valence-corrected chi connectivity index (χ2v) is 9.78. The van der Waals surface area contributed by atoms with Crippen LogP contribution in [0.4, 0.5) is 0 Å². The number of benzene rings is 2. The molecule has 3 heterocycles. The summed E-state index contributed by atoms with van der Waals surface area (Å²) < 4.78 is 10.4. The molecule has 0 aliphatic carbocycles. The quantitative estimate of drug-likeness (QED) is 0.405. The summed E-state index contributed by atoms with van der Waals surface area (Å²) in [6.45, 7) is 2.97. The lowest BCUT2D eigenvalue weighted by atomic mass is 9.84. The first-order chi connectivity index (χ1) is 16.6. The third-order valence-corrected chi connectivity index (χ3v) is 7.50. The molecular weight excluding hydrogens is 444 g/mol. The SMILES string of the molecule is CN(C(=O)c1ccn(C)n1)[C@H](Cc1ccccc1)C1CCN(Cc2ccc3nsnc3c2)CC1. The normalized spacial score (nSPS) is 16.1. The zero-order chi connectivity index (χ0) is 23.5. The molecule has 0 radical (unpaired) electrons. The average molecular weight is 475 g/mol. The summed E-state index contributed by atoms with van der Waals surface area (Å²) in [6.07, 6.45) is 4.81. The molecule has 0 N–H and O–H groups in total. The fourth-order valence-electron chi connectivity index (χ4n) is 5.02. The molecule has 1 fully saturated rings. The van der Waals surface area contributed by atoms with Gasteiger partial charge >= 0.3 is 0 Å². The van der Waals surface area contributed by atoms with Crippen LogP contribution in [0, 0.1) is 5.92 Å². The van der Waals surface area contributed by atoms with Crippen LogP contribution >= 0.6 is 11.7 Å². The highest BCUT2D eigenvalue weighted by atomic mass is 32.1. The maximum Gasteiger partial charge on any atom is 0.274 e. The van der Waals surface area contributed by atoms with Crippen molar-refractivity contribution < 1.29 is 4.79 Å². The van der Waals surface area contributed by atoms with E-state index in [2.05, 4.69) is 61.2 Å². The van der Waals surface area contributed by atoms with E-state index in [0.717, 1.165) is 49.9 Å². The van der Waals surface area contributed by atoms with Gasteiger partial charge in [-0.15, -0.1) is 0 Å². The molecule has 34 heavy (non-hydrogen) atoms. The zero-order valence-electron chi connectivity index (χ0n) is 19.7. The van der Waals surface area contributed by atoms with Crippen LogP contribution in [0.15, 0.2) is 60.8 Å². The van der Waals surface area contributed by atoms with E-state index in [1.807, 2.05) is 31.3 Å². The van der Waals surface area contributed by atoms with Gasteiger partial charge in [0, 0.05) is 32.9 Å². The molecule has 4 aromatic rings. The molecule has 1 saturated heterocycles. The van der Waals surface area contributed by atoms with Crippen LogP contribution in [-0.2, 0) is 20.0 Å². The van der Waals surface area contributed by atoms with E-state index in [0.29, 0.717) is 11.6 Å². The van der Waals surface area contributed by atoms with Crippen molar-refractivity contribution >= 4 is 28.7 Å². The van der Waals surface area contributed by atoms with Crippen LogP contribution in [0.2, 0.25) is 0 Å². The first-order valence-corrected chi connectivity index (χ1v) is 12.5. The summed E-state index contributed by atoms with van der Waals surface area (Å²) in [5.41, 5.74) is 5.00. The number of hydrogen-bond donors (Lipinski definition) is 0. The molecule has 5 rings (SSSR count). The maximum atomic E-state index is 13.3. The number of carbonyl (C=O) groups excluding carboxylic acids is 1. The Balaban J connectivity index is 1.27. The third kappa shape index (κ3) is 5.03. The lowest BCUT2D eigenvalue weighted by Crippen LogP contribution is -2.47. The van der Waals surface area contributed by atoms with E-state index < -0.39 is 0 Å². The Morgan fingerprint density at radius 3 is 2.56 bits per heavy atom. The van der Waals surface area contributed by atoms with Crippen molar-refractivity contribution in [3.8, 4) is 0 Å². The van der Waals surface area contributed by atoms with Crippen molar-refractivity contribution in [3.05, 3.63) is 77.6 Å². The van der Waals surface area contributed by atoms with Crippen molar-refractivity contribution in [1.82, 2.24) is 28.3 Å². The number of amides is 1. The highest BCUT2D eigenvalue weighted by Crippen LogP contribution is 2.28. The van der Waals surface area contributed by atoms with Crippen LogP contribution in [-0.4, -0.2) is 60.4 Å². The number of aromatic nitrogens is 4. The molecule has 1 amide bonds. The number of aryl methyl sites for hydroxylation is 1. The molecule has 2 aromatic carbocycles. The molecule has 0 bridgehead atoms. The lowest BCUT2D eigenvalue weighted by molar-refractivity contribution is 0.0579. The molecule has 8 heteroatoms. The predicted octanol–water partition coefficient (Wildman–Crippen LogP) is 4.02. The number of likely N-dealkylation sites (N-methyl/N-ethyl adjacent to an activating group) is 1. The molecule has 176 valence electrons. The van der Waals surface area contributed by atoms with Crippen molar-refractivity contribution in [3.63, 3.8) is 0 Å². The molecule has 0 spiro atoms. The fourth-order valence-corrected chi connectivity index (χ4v) is 5.53. The van der Waals surface area contributed by atoms with Gasteiger partial charge in [0.15, 0.2) is 0 Å². The van der Waals surface area contributed by atoms with Gasteiger partial charge in [-0.25, -0.2) is 0 Å². The summed E-state index contributed by atoms with van der Waals surface area (Å²) >= 11 is 1.26. The average Bonchev–Trinajstić information content (AvgIpc) is 3.51. The van der Waals surface area contributed by atoms with Gasteiger partial charge in [0.05, 0.1) is 11.7 Å². The van der Waals surface area contributed by atoms with Crippen molar-refractivity contribution in [2.75, 3.05) is 20.1 Å². The van der Waals surface area contributed by atoms with Crippen molar-refractivity contribution in [1.29, 1.82) is 0 Å². The lowest BCUT2D eigenvalue weighted by Gasteiger charge is -2.40. The number of piperidine rings is 1. The molecule has 1 aliphatic heterocycles. The van der Waals surface area contributed by atoms with E-state index >= 15 is 0 Å². The summed E-state index contributed by atoms with van der Waals surface area (Å²) in [4.78, 5) is 17.7. The summed E-state index contributed by atoms with van der Waals surface area (Å²) in [5.74, 6) is 0.438. The minimum atomic E-state index is -0.00543. The minimum Gasteiger partial charge on any atom is -0.337 e. The van der Waals surface area contributed by atoms with Crippen molar-refractivity contribution in [2.24, 2.45) is 13.0 Å². The Kier molecular flexibility index (Phi) is 6.69. The monoisotopic (exact) mass is 474 g/mol. The number of hydrogen-bond acceptors (Lipinski definition) is 6. The molecule has 0 unspecified atom stereocenters. The highest BCUT2D eigenvalue weighted by molar-refractivity contribution is 7.00. The number of carbonyl (C=O) groups is 1. The second-order valence-electron chi connectivity index (χ2n) is 9.25. The topological polar surface area (TPSA) is 67.2 Å². The Hall–Kier alpha value is -3.10. The summed E-state index contributed by atoms with van der Waals surface area (Å²) in [6, 6.07) is 18.8. The number of nitrogens with zero attached hydrogens (tertiary/aromatic N) is 6. The summed E-state index contributed by atoms with van der Waals surface area (Å²) in [5, 5.41) is 4.35. The van der Waals surface area contributed by atoms with E-state index in [4.69, 9.17) is 0 Å². The first-order valence-electron chi connectivity index (χ1n) is 11.8. The van der Waals surface area contributed by atoms with E-state index in [1.54, 1.807) is 10.7 Å². The first kappa shape index (κ1) is 22.7. The van der Waals surface area contributed by atoms with Gasteiger partial charge in [0.25, 0.3) is 5.91 Å². The smallest absolute Gasteiger partial charge is 0.274 e. The fraction of sp³-hybridized carbons (Fsp3) is 0.385. The van der Waals surface area contributed by atoms with Gasteiger partial charge in [-0.05, 0) is 67.6 Å². The van der Waals surface area contributed by atoms with Crippen LogP contribution in [0.5, 0.6) is 0 Å². The zero-order valence-corrected chi connectivity index (χ0v) is 20.5. The van der Waals surface area contributed by atoms with Gasteiger partial charge in [-0.3, -0.25) is 14.4 Å². The van der Waals surface area contributed by atoms with Gasteiger partial charge in [0.2, 0.25) is 0 Å². The van der Waals surface area contributed by atoms with Gasteiger partial charge in [0.1, 0.15) is 16.7 Å². The summed E-state index contributed by atoms with van der Waals surface area (Å²) in [7, 11) is 3.78. The Bertz CT molecular complexity index is 1240. The minimum absolute atomic E-state index is 0.00543. The molecule has 1 atom stereocenters. The maximum absolute atomic E-state index is 13.3. The van der Waals surface area contributed by atoms with Crippen LogP contribution < -0.4 is 0 Å². The molecular formula is C26H30N6OS. The van der Waals surface area contributed by atoms with Gasteiger partial charge in [-0.2, -0.15) is 13.8 Å². The number of likely N-dealkylation sites (tertiary alicyclic amines) is 1. The molecule has 0 saturated carbocycles. The molecule has 1 aliphatic rings. The Morgan fingerprint density at radius 2 is 1.82 bits per heavy atom. The molecule has 2 aromatic heterocycles. The predicted molar refractivity (Wildman–Crippen MR) is 135 cm³/mol. The van der Waals surface area contributed by atoms with Crippen LogP contribution in [0.25, 0.3) is 11.0 Å². The van der Waals surface area contributed by atoms with Gasteiger partial charge in [-0.1, -0.05) is 36.4 Å². The highest BCUT2D eigenvalue weighted by Gasteiger charge is 2.32. The molecule has 7 nitrogen and oxygen atoms in total. The van der Waals surface area contributed by atoms with E-state index in [9.17, 15) is 4.79 Å². The Labute approximate surface area is 204 Å². The third-order valence-electron chi connectivity index (χ3n) is 6.94.